The lowest BCUT2D eigenvalue weighted by Crippen LogP contribution is -2.51. The highest BCUT2D eigenvalue weighted by molar-refractivity contribution is 6.07. The molecule has 2 N–H and O–H groups in total. The maximum atomic E-state index is 12.3. The number of hydrazine groups is 1. The molecule has 0 spiro atoms. The van der Waals surface area contributed by atoms with Crippen molar-refractivity contribution in [2.24, 2.45) is 0 Å². The maximum absolute atomic E-state index is 12.3. The highest BCUT2D eigenvalue weighted by Crippen LogP contribution is 2.20. The molecule has 2 fully saturated rings. The van der Waals surface area contributed by atoms with Gasteiger partial charge in [-0.2, -0.15) is 10.1 Å². The standard InChI is InChI=1S/C15H23N7O3/c1-3-15(2)13(24)22(14(25)18-15)19-12(23)8-20-6-4-5-11(20)7-21-10-16-9-17-21/h9-11H,3-8H2,1-2H3,(H,18,25)(H,19,23). The Kier molecular flexibility index (Phi) is 4.71. The third-order valence-corrected chi connectivity index (χ3v) is 4.91. The van der Waals surface area contributed by atoms with Crippen LogP contribution in [0.15, 0.2) is 12.7 Å². The number of carbonyl (C=O) groups is 3. The van der Waals surface area contributed by atoms with Crippen LogP contribution < -0.4 is 10.7 Å². The van der Waals surface area contributed by atoms with Gasteiger partial charge in [0.05, 0.1) is 13.1 Å². The Balaban J connectivity index is 1.57. The monoisotopic (exact) mass is 349 g/mol. The number of aromatic nitrogens is 3. The lowest BCUT2D eigenvalue weighted by Gasteiger charge is -2.25. The zero-order valence-corrected chi connectivity index (χ0v) is 14.4. The van der Waals surface area contributed by atoms with Crippen molar-refractivity contribution < 1.29 is 14.4 Å². The number of amides is 4. The summed E-state index contributed by atoms with van der Waals surface area (Å²) in [5.41, 5.74) is 1.47. The molecule has 0 bridgehead atoms. The molecule has 10 nitrogen and oxygen atoms in total. The molecule has 1 aromatic heterocycles. The third kappa shape index (κ3) is 3.48. The van der Waals surface area contributed by atoms with E-state index < -0.39 is 17.5 Å². The van der Waals surface area contributed by atoms with Gasteiger partial charge in [0.2, 0.25) is 0 Å². The summed E-state index contributed by atoms with van der Waals surface area (Å²) in [6.45, 7) is 5.03. The summed E-state index contributed by atoms with van der Waals surface area (Å²) >= 11 is 0. The fourth-order valence-corrected chi connectivity index (χ4v) is 3.22. The Morgan fingerprint density at radius 3 is 2.92 bits per heavy atom. The van der Waals surface area contributed by atoms with Crippen LogP contribution in [0, 0.1) is 0 Å². The second kappa shape index (κ2) is 6.79. The number of nitrogens with zero attached hydrogens (tertiary/aromatic N) is 5. The summed E-state index contributed by atoms with van der Waals surface area (Å²) in [6, 6.07) is -0.417. The van der Waals surface area contributed by atoms with Crippen molar-refractivity contribution in [2.45, 2.75) is 51.2 Å². The Labute approximate surface area is 145 Å². The van der Waals surface area contributed by atoms with Gasteiger partial charge >= 0.3 is 6.03 Å². The number of carbonyl (C=O) groups excluding carboxylic acids is 3. The molecule has 0 aromatic carbocycles. The third-order valence-electron chi connectivity index (χ3n) is 4.91. The van der Waals surface area contributed by atoms with Crippen LogP contribution in [0.1, 0.15) is 33.1 Å². The van der Waals surface area contributed by atoms with E-state index >= 15 is 0 Å². The van der Waals surface area contributed by atoms with Gasteiger partial charge in [0.1, 0.15) is 18.2 Å². The summed E-state index contributed by atoms with van der Waals surface area (Å²) < 4.78 is 1.74. The smallest absolute Gasteiger partial charge is 0.322 e. The summed E-state index contributed by atoms with van der Waals surface area (Å²) in [5.74, 6) is -0.816. The lowest BCUT2D eigenvalue weighted by atomic mass is 10.00. The van der Waals surface area contributed by atoms with E-state index in [0.29, 0.717) is 13.0 Å². The molecule has 3 heterocycles. The topological polar surface area (TPSA) is 112 Å². The summed E-state index contributed by atoms with van der Waals surface area (Å²) in [6.07, 6.45) is 5.54. The minimum absolute atomic E-state index is 0.124. The van der Waals surface area contributed by atoms with Gasteiger partial charge in [-0.3, -0.25) is 24.6 Å². The van der Waals surface area contributed by atoms with Crippen LogP contribution in [0.4, 0.5) is 4.79 Å². The van der Waals surface area contributed by atoms with Gasteiger partial charge in [-0.1, -0.05) is 6.92 Å². The largest absolute Gasteiger partial charge is 0.344 e. The van der Waals surface area contributed by atoms with Crippen molar-refractivity contribution in [1.29, 1.82) is 0 Å². The normalized spacial score (nSPS) is 27.0. The van der Waals surface area contributed by atoms with E-state index in [0.717, 1.165) is 24.4 Å². The number of urea groups is 1. The second-order valence-electron chi connectivity index (χ2n) is 6.68. The fourth-order valence-electron chi connectivity index (χ4n) is 3.22. The average molecular weight is 349 g/mol. The molecule has 2 aliphatic heterocycles. The van der Waals surface area contributed by atoms with Gasteiger partial charge in [-0.25, -0.2) is 9.78 Å². The molecule has 2 unspecified atom stereocenters. The summed E-state index contributed by atoms with van der Waals surface area (Å²) in [7, 11) is 0. The van der Waals surface area contributed by atoms with E-state index in [9.17, 15) is 14.4 Å². The molecule has 2 aliphatic rings. The molecular formula is C15H23N7O3. The first kappa shape index (κ1) is 17.3. The van der Waals surface area contributed by atoms with Gasteiger partial charge in [0, 0.05) is 6.04 Å². The van der Waals surface area contributed by atoms with Crippen LogP contribution in [0.2, 0.25) is 0 Å². The van der Waals surface area contributed by atoms with E-state index in [-0.39, 0.29) is 18.5 Å². The molecule has 25 heavy (non-hydrogen) atoms. The van der Waals surface area contributed by atoms with E-state index in [2.05, 4.69) is 20.8 Å². The van der Waals surface area contributed by atoms with Crippen molar-refractivity contribution in [1.82, 2.24) is 35.4 Å². The Morgan fingerprint density at radius 2 is 2.28 bits per heavy atom. The van der Waals surface area contributed by atoms with Crippen molar-refractivity contribution in [3.05, 3.63) is 12.7 Å². The first-order valence-electron chi connectivity index (χ1n) is 8.45. The molecular weight excluding hydrogens is 326 g/mol. The first-order valence-corrected chi connectivity index (χ1v) is 8.45. The average Bonchev–Trinajstić information content (AvgIpc) is 3.28. The first-order chi connectivity index (χ1) is 11.9. The zero-order chi connectivity index (χ0) is 18.0. The predicted octanol–water partition coefficient (Wildman–Crippen LogP) is -0.506. The van der Waals surface area contributed by atoms with E-state index in [1.54, 1.807) is 17.9 Å². The highest BCUT2D eigenvalue weighted by Gasteiger charge is 2.47. The fraction of sp³-hybridized carbons (Fsp3) is 0.667. The number of hydrogen-bond acceptors (Lipinski definition) is 6. The summed E-state index contributed by atoms with van der Waals surface area (Å²) in [5, 5.41) is 7.49. The van der Waals surface area contributed by atoms with Gasteiger partial charge in [-0.05, 0) is 32.7 Å². The molecule has 2 atom stereocenters. The van der Waals surface area contributed by atoms with Crippen molar-refractivity contribution >= 4 is 17.8 Å². The van der Waals surface area contributed by atoms with Crippen molar-refractivity contribution in [2.75, 3.05) is 13.1 Å². The molecule has 136 valence electrons. The van der Waals surface area contributed by atoms with Gasteiger partial charge < -0.3 is 5.32 Å². The lowest BCUT2D eigenvalue weighted by molar-refractivity contribution is -0.139. The van der Waals surface area contributed by atoms with Crippen LogP contribution in [-0.4, -0.2) is 67.2 Å². The highest BCUT2D eigenvalue weighted by atomic mass is 16.2. The Bertz CT molecular complexity index is 662. The van der Waals surface area contributed by atoms with Crippen LogP contribution in [-0.2, 0) is 16.1 Å². The molecule has 10 heteroatoms. The second-order valence-corrected chi connectivity index (χ2v) is 6.68. The molecule has 1 aromatic rings. The van der Waals surface area contributed by atoms with Gasteiger partial charge in [0.25, 0.3) is 11.8 Å². The molecule has 0 saturated carbocycles. The van der Waals surface area contributed by atoms with Crippen LogP contribution >= 0.6 is 0 Å². The molecule has 4 amide bonds. The Morgan fingerprint density at radius 1 is 1.48 bits per heavy atom. The number of rotatable bonds is 6. The van der Waals surface area contributed by atoms with Crippen LogP contribution in [0.5, 0.6) is 0 Å². The maximum Gasteiger partial charge on any atom is 0.344 e. The van der Waals surface area contributed by atoms with Crippen molar-refractivity contribution in [3.8, 4) is 0 Å². The number of nitrogens with one attached hydrogen (secondary N) is 2. The van der Waals surface area contributed by atoms with Gasteiger partial charge in [-0.15, -0.1) is 0 Å². The Hall–Kier alpha value is -2.49. The molecule has 0 radical (unpaired) electrons. The minimum Gasteiger partial charge on any atom is -0.322 e. The minimum atomic E-state index is -0.965. The van der Waals surface area contributed by atoms with E-state index in [1.807, 2.05) is 11.8 Å². The van der Waals surface area contributed by atoms with Crippen LogP contribution in [0.25, 0.3) is 0 Å². The van der Waals surface area contributed by atoms with Crippen molar-refractivity contribution in [3.63, 3.8) is 0 Å². The number of likely N-dealkylation sites (tertiary alicyclic amines) is 1. The zero-order valence-electron chi connectivity index (χ0n) is 14.4. The molecule has 3 rings (SSSR count). The van der Waals surface area contributed by atoms with E-state index in [4.69, 9.17) is 0 Å². The van der Waals surface area contributed by atoms with Gasteiger partial charge in [0.15, 0.2) is 0 Å². The SMILES string of the molecule is CCC1(C)NC(=O)N(NC(=O)CN2CCCC2Cn2cncn2)C1=O. The predicted molar refractivity (Wildman–Crippen MR) is 86.8 cm³/mol. The number of imide groups is 1. The van der Waals surface area contributed by atoms with Crippen LogP contribution in [0.3, 0.4) is 0 Å². The molecule has 0 aliphatic carbocycles. The quantitative estimate of drug-likeness (QED) is 0.669. The van der Waals surface area contributed by atoms with E-state index in [1.165, 1.54) is 6.33 Å². The summed E-state index contributed by atoms with van der Waals surface area (Å²) in [4.78, 5) is 42.6. The number of hydrogen-bond donors (Lipinski definition) is 2. The molecule has 2 saturated heterocycles.